The van der Waals surface area contributed by atoms with Crippen molar-refractivity contribution >= 4 is 39.4 Å². The van der Waals surface area contributed by atoms with Gasteiger partial charge >= 0.3 is 0 Å². The summed E-state index contributed by atoms with van der Waals surface area (Å²) in [6.07, 6.45) is 1.76. The Labute approximate surface area is 144 Å². The van der Waals surface area contributed by atoms with Gasteiger partial charge < -0.3 is 10.1 Å². The molecule has 0 radical (unpaired) electrons. The molecule has 0 aliphatic heterocycles. The van der Waals surface area contributed by atoms with Crippen molar-refractivity contribution in [1.29, 1.82) is 0 Å². The summed E-state index contributed by atoms with van der Waals surface area (Å²) in [5, 5.41) is 3.96. The van der Waals surface area contributed by atoms with Gasteiger partial charge in [-0.05, 0) is 74.0 Å². The summed E-state index contributed by atoms with van der Waals surface area (Å²) >= 11 is 2.27. The Morgan fingerprint density at radius 2 is 2.09 bits per heavy atom. The molecule has 5 heteroatoms. The fraction of sp³-hybridized carbons (Fsp3) is 0.412. The van der Waals surface area contributed by atoms with E-state index >= 15 is 0 Å². The molecule has 0 aliphatic carbocycles. The molecule has 1 aromatic carbocycles. The van der Waals surface area contributed by atoms with E-state index in [0.29, 0.717) is 12.2 Å². The predicted molar refractivity (Wildman–Crippen MR) is 97.1 cm³/mol. The van der Waals surface area contributed by atoms with E-state index in [1.807, 2.05) is 52.0 Å². The topological polar surface area (TPSA) is 51.2 Å². The standard InChI is InChI=1S/C17H21IN2O2/c1-5-15(16(21)20-17(2,3)4)22-13-9-11-8-12(18)6-7-14(11)19-10-13/h6-10,15H,5H2,1-4H3,(H,20,21). The Hall–Kier alpha value is -1.37. The molecule has 0 saturated heterocycles. The SMILES string of the molecule is CCC(Oc1cnc2ccc(I)cc2c1)C(=O)NC(C)(C)C. The number of amides is 1. The van der Waals surface area contributed by atoms with Gasteiger partial charge in [-0.3, -0.25) is 9.78 Å². The second-order valence-corrected chi connectivity index (χ2v) is 7.51. The molecule has 1 heterocycles. The van der Waals surface area contributed by atoms with Crippen molar-refractivity contribution in [1.82, 2.24) is 10.3 Å². The average molecular weight is 412 g/mol. The van der Waals surface area contributed by atoms with Crippen LogP contribution in [0.25, 0.3) is 10.9 Å². The molecule has 2 rings (SSSR count). The lowest BCUT2D eigenvalue weighted by atomic mass is 10.1. The minimum absolute atomic E-state index is 0.0993. The molecule has 1 amide bonds. The number of hydrogen-bond acceptors (Lipinski definition) is 3. The van der Waals surface area contributed by atoms with E-state index in [1.54, 1.807) is 6.20 Å². The Kier molecular flexibility index (Phi) is 5.26. The monoisotopic (exact) mass is 412 g/mol. The number of hydrogen-bond donors (Lipinski definition) is 1. The smallest absolute Gasteiger partial charge is 0.261 e. The van der Waals surface area contributed by atoms with E-state index in [0.717, 1.165) is 14.5 Å². The molecule has 1 unspecified atom stereocenters. The molecule has 0 saturated carbocycles. The number of rotatable bonds is 4. The summed E-state index contributed by atoms with van der Waals surface area (Å²) in [6.45, 7) is 7.80. The van der Waals surface area contributed by atoms with Crippen molar-refractivity contribution in [3.63, 3.8) is 0 Å². The average Bonchev–Trinajstić information content (AvgIpc) is 2.42. The van der Waals surface area contributed by atoms with Crippen LogP contribution in [-0.4, -0.2) is 22.5 Å². The lowest BCUT2D eigenvalue weighted by Gasteiger charge is -2.24. The second-order valence-electron chi connectivity index (χ2n) is 6.26. The van der Waals surface area contributed by atoms with Crippen molar-refractivity contribution in [3.8, 4) is 5.75 Å². The van der Waals surface area contributed by atoms with Gasteiger partial charge in [0.25, 0.3) is 5.91 Å². The largest absolute Gasteiger partial charge is 0.479 e. The van der Waals surface area contributed by atoms with Gasteiger partial charge in [0.05, 0.1) is 11.7 Å². The molecule has 1 aromatic heterocycles. The lowest BCUT2D eigenvalue weighted by Crippen LogP contribution is -2.47. The maximum Gasteiger partial charge on any atom is 0.261 e. The van der Waals surface area contributed by atoms with Gasteiger partial charge in [0.2, 0.25) is 0 Å². The number of pyridine rings is 1. The van der Waals surface area contributed by atoms with Gasteiger partial charge in [0.1, 0.15) is 5.75 Å². The van der Waals surface area contributed by atoms with Gasteiger partial charge in [-0.25, -0.2) is 0 Å². The molecule has 1 atom stereocenters. The highest BCUT2D eigenvalue weighted by molar-refractivity contribution is 14.1. The first kappa shape index (κ1) is 17.0. The van der Waals surface area contributed by atoms with E-state index in [-0.39, 0.29) is 11.4 Å². The third kappa shape index (κ3) is 4.56. The molecule has 0 aliphatic rings. The number of fused-ring (bicyclic) bond motifs is 1. The number of benzene rings is 1. The number of halogens is 1. The summed E-state index contributed by atoms with van der Waals surface area (Å²) in [5.74, 6) is 0.517. The summed E-state index contributed by atoms with van der Waals surface area (Å²) < 4.78 is 6.98. The third-order valence-electron chi connectivity index (χ3n) is 3.06. The Bertz CT molecular complexity index is 680. The van der Waals surface area contributed by atoms with Crippen LogP contribution in [0.4, 0.5) is 0 Å². The Morgan fingerprint density at radius 1 is 1.36 bits per heavy atom. The van der Waals surface area contributed by atoms with E-state index < -0.39 is 6.10 Å². The quantitative estimate of drug-likeness (QED) is 0.775. The number of carbonyl (C=O) groups excluding carboxylic acids is 1. The van der Waals surface area contributed by atoms with E-state index in [4.69, 9.17) is 4.74 Å². The van der Waals surface area contributed by atoms with Crippen LogP contribution in [0.3, 0.4) is 0 Å². The van der Waals surface area contributed by atoms with E-state index in [1.165, 1.54) is 0 Å². The van der Waals surface area contributed by atoms with Crippen LogP contribution >= 0.6 is 22.6 Å². The predicted octanol–water partition coefficient (Wildman–Crippen LogP) is 3.91. The fourth-order valence-corrected chi connectivity index (χ4v) is 2.60. The number of carbonyl (C=O) groups is 1. The van der Waals surface area contributed by atoms with Gasteiger partial charge in [-0.1, -0.05) is 6.92 Å². The number of ether oxygens (including phenoxy) is 1. The third-order valence-corrected chi connectivity index (χ3v) is 3.73. The summed E-state index contributed by atoms with van der Waals surface area (Å²) in [4.78, 5) is 16.6. The van der Waals surface area contributed by atoms with Crippen LogP contribution in [0.5, 0.6) is 5.75 Å². The number of aromatic nitrogens is 1. The molecule has 0 spiro atoms. The lowest BCUT2D eigenvalue weighted by molar-refractivity contribution is -0.129. The highest BCUT2D eigenvalue weighted by atomic mass is 127. The Morgan fingerprint density at radius 3 is 2.73 bits per heavy atom. The molecule has 118 valence electrons. The molecule has 22 heavy (non-hydrogen) atoms. The zero-order valence-corrected chi connectivity index (χ0v) is 15.5. The van der Waals surface area contributed by atoms with Crippen LogP contribution in [0.2, 0.25) is 0 Å². The zero-order valence-electron chi connectivity index (χ0n) is 13.3. The highest BCUT2D eigenvalue weighted by Gasteiger charge is 2.23. The van der Waals surface area contributed by atoms with Gasteiger partial charge in [0.15, 0.2) is 6.10 Å². The maximum absolute atomic E-state index is 12.3. The van der Waals surface area contributed by atoms with Crippen LogP contribution < -0.4 is 10.1 Å². The van der Waals surface area contributed by atoms with Gasteiger partial charge in [-0.2, -0.15) is 0 Å². The van der Waals surface area contributed by atoms with Crippen molar-refractivity contribution in [3.05, 3.63) is 34.0 Å². The number of nitrogens with one attached hydrogen (secondary N) is 1. The van der Waals surface area contributed by atoms with Crippen LogP contribution in [0, 0.1) is 3.57 Å². The second kappa shape index (κ2) is 6.81. The summed E-state index contributed by atoms with van der Waals surface area (Å²) in [5.41, 5.74) is 0.644. The summed E-state index contributed by atoms with van der Waals surface area (Å²) in [7, 11) is 0. The first-order valence-corrected chi connectivity index (χ1v) is 8.40. The highest BCUT2D eigenvalue weighted by Crippen LogP contribution is 2.22. The first-order chi connectivity index (χ1) is 10.3. The fourth-order valence-electron chi connectivity index (χ4n) is 2.08. The molecular formula is C17H21IN2O2. The molecule has 1 N–H and O–H groups in total. The van der Waals surface area contributed by atoms with E-state index in [9.17, 15) is 4.79 Å². The molecule has 0 fully saturated rings. The van der Waals surface area contributed by atoms with Crippen molar-refractivity contribution in [2.75, 3.05) is 0 Å². The molecule has 4 nitrogen and oxygen atoms in total. The Balaban J connectivity index is 2.18. The maximum atomic E-state index is 12.3. The minimum Gasteiger partial charge on any atom is -0.479 e. The normalized spacial score (nSPS) is 13.0. The van der Waals surface area contributed by atoms with Crippen molar-refractivity contribution < 1.29 is 9.53 Å². The van der Waals surface area contributed by atoms with E-state index in [2.05, 4.69) is 32.9 Å². The van der Waals surface area contributed by atoms with Gasteiger partial charge in [0, 0.05) is 14.5 Å². The molecular weight excluding hydrogens is 391 g/mol. The van der Waals surface area contributed by atoms with Gasteiger partial charge in [-0.15, -0.1) is 0 Å². The molecule has 0 bridgehead atoms. The number of nitrogens with zero attached hydrogens (tertiary/aromatic N) is 1. The van der Waals surface area contributed by atoms with Crippen molar-refractivity contribution in [2.24, 2.45) is 0 Å². The first-order valence-electron chi connectivity index (χ1n) is 7.32. The van der Waals surface area contributed by atoms with Crippen LogP contribution in [-0.2, 0) is 4.79 Å². The molecule has 2 aromatic rings. The minimum atomic E-state index is -0.513. The van der Waals surface area contributed by atoms with Crippen LogP contribution in [0.15, 0.2) is 30.5 Å². The van der Waals surface area contributed by atoms with Crippen molar-refractivity contribution in [2.45, 2.75) is 45.8 Å². The zero-order chi connectivity index (χ0) is 16.3. The summed E-state index contributed by atoms with van der Waals surface area (Å²) in [6, 6.07) is 7.97. The van der Waals surface area contributed by atoms with Crippen LogP contribution in [0.1, 0.15) is 34.1 Å².